The summed E-state index contributed by atoms with van der Waals surface area (Å²) >= 11 is 0. The first-order valence-corrected chi connectivity index (χ1v) is 22.9. The van der Waals surface area contributed by atoms with Crippen molar-refractivity contribution in [2.75, 3.05) is 20.8 Å². The number of rotatable bonds is 11. The van der Waals surface area contributed by atoms with Crippen LogP contribution in [0.3, 0.4) is 0 Å². The fourth-order valence-corrected chi connectivity index (χ4v) is 10.3. The topological polar surface area (TPSA) is 185 Å². The molecular weight excluding hydrogens is 811 g/mol. The van der Waals surface area contributed by atoms with Crippen molar-refractivity contribution in [1.82, 2.24) is 4.98 Å². The SMILES string of the molecule is CC[C@H]1OC(O)[C@H](C)[C@@H](O[C@H]2C[C@@](C)(OC)[C@@H](O)[C@H](C)O2)[C@H](C)[C@@H](O[C@@H]2O[C@H](C)C[C@H](C)[C@H]2O)[C@](C)(OC)C[C@@H](C)C(=O)[C@H](C)[C@@H](OC/C=C/c2cnc3ccccc3c2)[C@]1(C)O. The van der Waals surface area contributed by atoms with Gasteiger partial charge >= 0.3 is 0 Å². The number of aliphatic hydroxyl groups excluding tert-OH is 3. The molecule has 3 saturated heterocycles. The molecule has 0 spiro atoms. The molecule has 3 fully saturated rings. The van der Waals surface area contributed by atoms with Crippen molar-refractivity contribution < 1.29 is 63.1 Å². The number of para-hydroxylation sites is 1. The van der Waals surface area contributed by atoms with Crippen LogP contribution in [-0.2, 0) is 42.7 Å². The lowest BCUT2D eigenvalue weighted by molar-refractivity contribution is -0.328. The second-order valence-corrected chi connectivity index (χ2v) is 19.4. The van der Waals surface area contributed by atoms with Gasteiger partial charge in [-0.2, -0.15) is 0 Å². The van der Waals surface area contributed by atoms with Crippen molar-refractivity contribution in [3.05, 3.63) is 48.2 Å². The van der Waals surface area contributed by atoms with E-state index in [9.17, 15) is 25.2 Å². The third-order valence-corrected chi connectivity index (χ3v) is 14.3. The molecule has 0 radical (unpaired) electrons. The van der Waals surface area contributed by atoms with E-state index in [1.807, 2.05) is 84.0 Å². The van der Waals surface area contributed by atoms with E-state index < -0.39 is 102 Å². The number of ether oxygens (including phenoxy) is 8. The molecule has 1 aromatic carbocycles. The van der Waals surface area contributed by atoms with Gasteiger partial charge in [0.05, 0.1) is 59.9 Å². The molecule has 3 aliphatic heterocycles. The Bertz CT molecular complexity index is 1810. The van der Waals surface area contributed by atoms with Crippen LogP contribution in [-0.4, -0.2) is 137 Å². The van der Waals surface area contributed by atoms with Gasteiger partial charge in [-0.05, 0) is 77.5 Å². The van der Waals surface area contributed by atoms with E-state index in [4.69, 9.17) is 37.9 Å². The highest BCUT2D eigenvalue weighted by atomic mass is 16.7. The van der Waals surface area contributed by atoms with Gasteiger partial charge in [-0.1, -0.05) is 71.9 Å². The average Bonchev–Trinajstić information content (AvgIpc) is 3.25. The van der Waals surface area contributed by atoms with Crippen LogP contribution in [0.15, 0.2) is 42.6 Å². The fourth-order valence-electron chi connectivity index (χ4n) is 10.3. The van der Waals surface area contributed by atoms with Gasteiger partial charge in [0.1, 0.15) is 23.6 Å². The van der Waals surface area contributed by atoms with Crippen LogP contribution in [0.5, 0.6) is 0 Å². The van der Waals surface area contributed by atoms with Crippen LogP contribution in [0, 0.1) is 29.6 Å². The molecule has 356 valence electrons. The molecule has 1 aromatic heterocycles. The summed E-state index contributed by atoms with van der Waals surface area (Å²) in [6.07, 6.45) is -3.38. The molecule has 0 saturated carbocycles. The molecule has 2 aromatic rings. The molecule has 0 aliphatic carbocycles. The Morgan fingerprint density at radius 2 is 1.56 bits per heavy atom. The number of hydrogen-bond donors (Lipinski definition) is 4. The Morgan fingerprint density at radius 1 is 0.873 bits per heavy atom. The summed E-state index contributed by atoms with van der Waals surface area (Å²) in [6, 6.07) is 9.87. The van der Waals surface area contributed by atoms with Gasteiger partial charge in [0.2, 0.25) is 0 Å². The van der Waals surface area contributed by atoms with E-state index in [1.54, 1.807) is 47.9 Å². The van der Waals surface area contributed by atoms with Crippen molar-refractivity contribution in [3.8, 4) is 0 Å². The standard InChI is InChI=1S/C49H77NO13/c1-14-37-49(11,55)44(58-21-17-18-34-23-35-19-15-16-20-36(35)50-26-34)30(5)39(51)28(3)24-48(10,57-13)43(63-46-40(52)27(2)22-29(4)59-46)31(6)41(32(7)45(54)61-37)62-38-25-47(9,56-12)42(53)33(8)60-38/h15-20,23,26-33,37-38,40-46,52-55H,14,21-22,24-25H2,1-13H3/b18-17+/t27-,28+,29+,30-,31-,32+,33-,37+,38-,40+,41-,42-,43+,44+,45?,46-,47+,48+,49+/m0/s1. The molecule has 5 rings (SSSR count). The minimum absolute atomic E-state index is 0.0592. The number of carbonyl (C=O) groups is 1. The molecule has 14 heteroatoms. The van der Waals surface area contributed by atoms with Crippen molar-refractivity contribution in [1.29, 1.82) is 0 Å². The number of hydrogen-bond acceptors (Lipinski definition) is 14. The maximum atomic E-state index is 14.8. The number of aromatic nitrogens is 1. The van der Waals surface area contributed by atoms with E-state index in [-0.39, 0.29) is 43.7 Å². The molecule has 0 amide bonds. The number of methoxy groups -OCH3 is 2. The summed E-state index contributed by atoms with van der Waals surface area (Å²) in [7, 11) is 3.09. The minimum Gasteiger partial charge on any atom is -0.388 e. The van der Waals surface area contributed by atoms with E-state index >= 15 is 0 Å². The molecule has 0 bridgehead atoms. The number of fused-ring (bicyclic) bond motifs is 1. The number of pyridine rings is 1. The molecule has 3 aliphatic rings. The van der Waals surface area contributed by atoms with Crippen molar-refractivity contribution >= 4 is 22.8 Å². The second kappa shape index (κ2) is 21.5. The summed E-state index contributed by atoms with van der Waals surface area (Å²) in [6.45, 7) is 20.1. The zero-order chi connectivity index (χ0) is 46.6. The fraction of sp³-hybridized carbons (Fsp3) is 0.755. The third-order valence-electron chi connectivity index (χ3n) is 14.3. The van der Waals surface area contributed by atoms with Crippen LogP contribution in [0.1, 0.15) is 107 Å². The first-order valence-electron chi connectivity index (χ1n) is 22.9. The van der Waals surface area contributed by atoms with Crippen LogP contribution in [0.25, 0.3) is 17.0 Å². The van der Waals surface area contributed by atoms with Crippen molar-refractivity contribution in [2.45, 2.75) is 186 Å². The lowest BCUT2D eigenvalue weighted by atomic mass is 9.73. The van der Waals surface area contributed by atoms with Crippen LogP contribution in [0.2, 0.25) is 0 Å². The van der Waals surface area contributed by atoms with E-state index in [0.717, 1.165) is 16.5 Å². The number of carbonyl (C=O) groups excluding carboxylic acids is 1. The summed E-state index contributed by atoms with van der Waals surface area (Å²) in [4.78, 5) is 19.3. The molecule has 19 atom stereocenters. The maximum Gasteiger partial charge on any atom is 0.184 e. The number of aliphatic hydroxyl groups is 4. The quantitative estimate of drug-likeness (QED) is 0.199. The van der Waals surface area contributed by atoms with Gasteiger partial charge in [-0.3, -0.25) is 9.78 Å². The number of nitrogens with zero attached hydrogens (tertiary/aromatic N) is 1. The highest BCUT2D eigenvalue weighted by molar-refractivity contribution is 5.83. The van der Waals surface area contributed by atoms with Gasteiger partial charge in [0, 0.05) is 55.9 Å². The average molecular weight is 888 g/mol. The Hall–Kier alpha value is -2.44. The summed E-state index contributed by atoms with van der Waals surface area (Å²) in [5, 5.41) is 48.3. The number of benzene rings is 1. The van der Waals surface area contributed by atoms with Gasteiger partial charge < -0.3 is 58.3 Å². The number of ketones is 1. The largest absolute Gasteiger partial charge is 0.388 e. The summed E-state index contributed by atoms with van der Waals surface area (Å²) in [5.74, 6) is -3.23. The zero-order valence-electron chi connectivity index (χ0n) is 39.8. The molecule has 4 heterocycles. The molecular formula is C49H77NO13. The second-order valence-electron chi connectivity index (χ2n) is 19.4. The predicted octanol–water partition coefficient (Wildman–Crippen LogP) is 6.22. The van der Waals surface area contributed by atoms with E-state index in [2.05, 4.69) is 4.98 Å². The third kappa shape index (κ3) is 11.6. The Labute approximate surface area is 374 Å². The first kappa shape index (κ1) is 51.5. The van der Waals surface area contributed by atoms with Crippen molar-refractivity contribution in [2.24, 2.45) is 29.6 Å². The number of Topliss-reactive ketones (excluding diaryl/α,β-unsaturated/α-hetero) is 1. The van der Waals surface area contributed by atoms with Crippen LogP contribution in [0.4, 0.5) is 0 Å². The molecule has 1 unspecified atom stereocenters. The zero-order valence-corrected chi connectivity index (χ0v) is 39.8. The lowest BCUT2D eigenvalue weighted by Gasteiger charge is -2.50. The summed E-state index contributed by atoms with van der Waals surface area (Å²) in [5.41, 5.74) is -2.24. The Morgan fingerprint density at radius 3 is 2.22 bits per heavy atom. The first-order chi connectivity index (χ1) is 29.6. The monoisotopic (exact) mass is 888 g/mol. The van der Waals surface area contributed by atoms with E-state index in [0.29, 0.717) is 6.42 Å². The highest BCUT2D eigenvalue weighted by Crippen LogP contribution is 2.43. The van der Waals surface area contributed by atoms with E-state index in [1.165, 1.54) is 7.11 Å². The van der Waals surface area contributed by atoms with Crippen LogP contribution < -0.4 is 0 Å². The predicted molar refractivity (Wildman–Crippen MR) is 238 cm³/mol. The molecule has 63 heavy (non-hydrogen) atoms. The van der Waals surface area contributed by atoms with Crippen molar-refractivity contribution in [3.63, 3.8) is 0 Å². The van der Waals surface area contributed by atoms with Gasteiger partial charge in [0.25, 0.3) is 0 Å². The maximum absolute atomic E-state index is 14.8. The molecule has 14 nitrogen and oxygen atoms in total. The summed E-state index contributed by atoms with van der Waals surface area (Å²) < 4.78 is 51.5. The smallest absolute Gasteiger partial charge is 0.184 e. The van der Waals surface area contributed by atoms with Gasteiger partial charge in [-0.25, -0.2) is 0 Å². The lowest BCUT2D eigenvalue weighted by Crippen LogP contribution is -2.61. The van der Waals surface area contributed by atoms with Crippen LogP contribution >= 0.6 is 0 Å². The van der Waals surface area contributed by atoms with Gasteiger partial charge in [0.15, 0.2) is 18.9 Å². The van der Waals surface area contributed by atoms with Gasteiger partial charge in [-0.15, -0.1) is 0 Å². The normalized spacial score (nSPS) is 43.9. The molecule has 4 N–H and O–H groups in total. The highest BCUT2D eigenvalue weighted by Gasteiger charge is 2.54. The minimum atomic E-state index is -1.77. The Kier molecular flexibility index (Phi) is 17.6. The Balaban J connectivity index is 1.55.